The number of aromatic carboxylic acids is 1. The van der Waals surface area contributed by atoms with Crippen LogP contribution in [0.15, 0.2) is 18.2 Å². The van der Waals surface area contributed by atoms with Crippen molar-refractivity contribution in [1.29, 1.82) is 0 Å². The van der Waals surface area contributed by atoms with Gasteiger partial charge in [0.15, 0.2) is 0 Å². The highest BCUT2D eigenvalue weighted by atomic mass is 19.1. The molecule has 1 unspecified atom stereocenters. The molecule has 0 saturated carbocycles. The van der Waals surface area contributed by atoms with Crippen molar-refractivity contribution in [2.24, 2.45) is 5.92 Å². The topological polar surface area (TPSA) is 66.4 Å². The van der Waals surface area contributed by atoms with Crippen molar-refractivity contribution >= 4 is 11.9 Å². The second-order valence-corrected chi connectivity index (χ2v) is 4.22. The Bertz CT molecular complexity index is 460. The Labute approximate surface area is 105 Å². The predicted molar refractivity (Wildman–Crippen MR) is 65.1 cm³/mol. The van der Waals surface area contributed by atoms with Crippen LogP contribution in [0.3, 0.4) is 0 Å². The smallest absolute Gasteiger partial charge is 0.335 e. The Kier molecular flexibility index (Phi) is 4.83. The number of halogens is 1. The highest BCUT2D eigenvalue weighted by Crippen LogP contribution is 2.11. The molecule has 1 aromatic rings. The number of carbonyl (C=O) groups excluding carboxylic acids is 1. The van der Waals surface area contributed by atoms with E-state index in [0.717, 1.165) is 12.5 Å². The summed E-state index contributed by atoms with van der Waals surface area (Å²) in [6.07, 6.45) is 0.917. The minimum Gasteiger partial charge on any atom is -0.478 e. The maximum Gasteiger partial charge on any atom is 0.335 e. The van der Waals surface area contributed by atoms with E-state index in [1.54, 1.807) is 0 Å². The molecule has 4 nitrogen and oxygen atoms in total. The van der Waals surface area contributed by atoms with E-state index in [2.05, 4.69) is 5.32 Å². The SMILES string of the molecule is CCC(C)CNC(=O)c1ccc(C(=O)O)cc1F. The molecule has 18 heavy (non-hydrogen) atoms. The quantitative estimate of drug-likeness (QED) is 0.846. The van der Waals surface area contributed by atoms with Gasteiger partial charge in [0.2, 0.25) is 0 Å². The average molecular weight is 253 g/mol. The Balaban J connectivity index is 2.78. The average Bonchev–Trinajstić information content (AvgIpc) is 2.35. The molecule has 1 rings (SSSR count). The van der Waals surface area contributed by atoms with Gasteiger partial charge in [-0.1, -0.05) is 20.3 Å². The molecule has 98 valence electrons. The molecule has 5 heteroatoms. The molecule has 0 aromatic heterocycles. The molecule has 1 aromatic carbocycles. The van der Waals surface area contributed by atoms with Crippen molar-refractivity contribution in [2.75, 3.05) is 6.54 Å². The molecular weight excluding hydrogens is 237 g/mol. The molecule has 0 aliphatic heterocycles. The maximum atomic E-state index is 13.5. The summed E-state index contributed by atoms with van der Waals surface area (Å²) in [5.74, 6) is -2.25. The van der Waals surface area contributed by atoms with Gasteiger partial charge in [-0.25, -0.2) is 9.18 Å². The molecule has 0 radical (unpaired) electrons. The summed E-state index contributed by atoms with van der Waals surface area (Å²) in [7, 11) is 0. The highest BCUT2D eigenvalue weighted by molar-refractivity contribution is 5.96. The van der Waals surface area contributed by atoms with Gasteiger partial charge in [-0.05, 0) is 24.1 Å². The number of carbonyl (C=O) groups is 2. The summed E-state index contributed by atoms with van der Waals surface area (Å²) in [5.41, 5.74) is -0.311. The zero-order chi connectivity index (χ0) is 13.7. The maximum absolute atomic E-state index is 13.5. The number of nitrogens with one attached hydrogen (secondary N) is 1. The van der Waals surface area contributed by atoms with Crippen molar-refractivity contribution in [3.63, 3.8) is 0 Å². The van der Waals surface area contributed by atoms with E-state index in [9.17, 15) is 14.0 Å². The summed E-state index contributed by atoms with van der Waals surface area (Å²) in [4.78, 5) is 22.3. The van der Waals surface area contributed by atoms with E-state index in [0.29, 0.717) is 12.5 Å². The Morgan fingerprint density at radius 3 is 2.61 bits per heavy atom. The third-order valence-corrected chi connectivity index (χ3v) is 2.77. The monoisotopic (exact) mass is 253 g/mol. The lowest BCUT2D eigenvalue weighted by molar-refractivity contribution is 0.0695. The van der Waals surface area contributed by atoms with Crippen LogP contribution in [0, 0.1) is 11.7 Å². The normalized spacial score (nSPS) is 11.9. The third kappa shape index (κ3) is 3.55. The highest BCUT2D eigenvalue weighted by Gasteiger charge is 2.14. The van der Waals surface area contributed by atoms with Gasteiger partial charge in [0.05, 0.1) is 11.1 Å². The molecule has 0 heterocycles. The number of benzene rings is 1. The largest absolute Gasteiger partial charge is 0.478 e. The zero-order valence-corrected chi connectivity index (χ0v) is 10.4. The van der Waals surface area contributed by atoms with Gasteiger partial charge in [0, 0.05) is 6.54 Å². The van der Waals surface area contributed by atoms with E-state index < -0.39 is 17.7 Å². The van der Waals surface area contributed by atoms with Crippen LogP contribution in [-0.4, -0.2) is 23.5 Å². The first kappa shape index (κ1) is 14.2. The van der Waals surface area contributed by atoms with E-state index in [-0.39, 0.29) is 11.1 Å². The summed E-state index contributed by atoms with van der Waals surface area (Å²) in [6.45, 7) is 4.44. The second-order valence-electron chi connectivity index (χ2n) is 4.22. The van der Waals surface area contributed by atoms with Crippen molar-refractivity contribution < 1.29 is 19.1 Å². The number of hydrogen-bond acceptors (Lipinski definition) is 2. The number of rotatable bonds is 5. The van der Waals surface area contributed by atoms with Crippen molar-refractivity contribution in [3.05, 3.63) is 35.1 Å². The zero-order valence-electron chi connectivity index (χ0n) is 10.4. The van der Waals surface area contributed by atoms with Gasteiger partial charge in [0.1, 0.15) is 5.82 Å². The first-order valence-corrected chi connectivity index (χ1v) is 5.76. The number of amides is 1. The Morgan fingerprint density at radius 2 is 2.11 bits per heavy atom. The summed E-state index contributed by atoms with van der Waals surface area (Å²) in [5, 5.41) is 11.3. The second kappa shape index (κ2) is 6.14. The summed E-state index contributed by atoms with van der Waals surface area (Å²) < 4.78 is 13.5. The summed E-state index contributed by atoms with van der Waals surface area (Å²) in [6, 6.07) is 3.24. The van der Waals surface area contributed by atoms with Crippen LogP contribution in [0.2, 0.25) is 0 Å². The molecule has 1 amide bonds. The van der Waals surface area contributed by atoms with E-state index >= 15 is 0 Å². The fourth-order valence-electron chi connectivity index (χ4n) is 1.34. The first-order chi connectivity index (χ1) is 8.45. The van der Waals surface area contributed by atoms with Gasteiger partial charge in [-0.15, -0.1) is 0 Å². The molecule has 1 atom stereocenters. The standard InChI is InChI=1S/C13H16FNO3/c1-3-8(2)7-15-12(16)10-5-4-9(13(17)18)6-11(10)14/h4-6,8H,3,7H2,1-2H3,(H,15,16)(H,17,18). The van der Waals surface area contributed by atoms with Crippen LogP contribution < -0.4 is 5.32 Å². The fraction of sp³-hybridized carbons (Fsp3) is 0.385. The van der Waals surface area contributed by atoms with Gasteiger partial charge < -0.3 is 10.4 Å². The van der Waals surface area contributed by atoms with Crippen LogP contribution in [0.1, 0.15) is 41.0 Å². The van der Waals surface area contributed by atoms with Gasteiger partial charge in [0.25, 0.3) is 5.91 Å². The molecule has 0 fully saturated rings. The summed E-state index contributed by atoms with van der Waals surface area (Å²) >= 11 is 0. The number of carboxylic acid groups (broad SMARTS) is 1. The number of hydrogen-bond donors (Lipinski definition) is 2. The first-order valence-electron chi connectivity index (χ1n) is 5.76. The molecular formula is C13H16FNO3. The van der Waals surface area contributed by atoms with E-state index in [4.69, 9.17) is 5.11 Å². The van der Waals surface area contributed by atoms with Crippen molar-refractivity contribution in [1.82, 2.24) is 5.32 Å². The Morgan fingerprint density at radius 1 is 1.44 bits per heavy atom. The molecule has 0 saturated heterocycles. The van der Waals surface area contributed by atoms with Crippen molar-refractivity contribution in [3.8, 4) is 0 Å². The minimum absolute atomic E-state index is 0.136. The van der Waals surface area contributed by atoms with E-state index in [1.807, 2.05) is 13.8 Å². The predicted octanol–water partition coefficient (Wildman–Crippen LogP) is 2.30. The van der Waals surface area contributed by atoms with Crippen LogP contribution in [0.4, 0.5) is 4.39 Å². The van der Waals surface area contributed by atoms with Gasteiger partial charge in [-0.3, -0.25) is 4.79 Å². The van der Waals surface area contributed by atoms with Gasteiger partial charge >= 0.3 is 5.97 Å². The van der Waals surface area contributed by atoms with Crippen LogP contribution in [-0.2, 0) is 0 Å². The molecule has 0 aliphatic carbocycles. The Hall–Kier alpha value is -1.91. The lowest BCUT2D eigenvalue weighted by atomic mass is 10.1. The molecule has 0 bridgehead atoms. The van der Waals surface area contributed by atoms with E-state index in [1.165, 1.54) is 12.1 Å². The third-order valence-electron chi connectivity index (χ3n) is 2.77. The lowest BCUT2D eigenvalue weighted by Crippen LogP contribution is -2.28. The number of carboxylic acids is 1. The molecule has 0 aliphatic rings. The van der Waals surface area contributed by atoms with Crippen LogP contribution >= 0.6 is 0 Å². The van der Waals surface area contributed by atoms with Gasteiger partial charge in [-0.2, -0.15) is 0 Å². The van der Waals surface area contributed by atoms with Crippen LogP contribution in [0.25, 0.3) is 0 Å². The minimum atomic E-state index is -1.22. The molecule has 0 spiro atoms. The van der Waals surface area contributed by atoms with Crippen molar-refractivity contribution in [2.45, 2.75) is 20.3 Å². The molecule has 2 N–H and O–H groups in total. The van der Waals surface area contributed by atoms with Crippen LogP contribution in [0.5, 0.6) is 0 Å². The lowest BCUT2D eigenvalue weighted by Gasteiger charge is -2.10. The fourth-order valence-corrected chi connectivity index (χ4v) is 1.34.